The average molecular weight is 519 g/mol. The maximum atomic E-state index is 13.6. The molecule has 35 heavy (non-hydrogen) atoms. The first-order valence-corrected chi connectivity index (χ1v) is 12.2. The first-order chi connectivity index (χ1) is 16.6. The number of sulfonamides is 1. The summed E-state index contributed by atoms with van der Waals surface area (Å²) in [5.41, 5.74) is 0.704. The van der Waals surface area contributed by atoms with Gasteiger partial charge in [0.05, 0.1) is 29.1 Å². The second-order valence-electron chi connectivity index (χ2n) is 7.75. The molecule has 11 heteroatoms. The van der Waals surface area contributed by atoms with Crippen LogP contribution in [-0.4, -0.2) is 49.4 Å². The lowest BCUT2D eigenvalue weighted by molar-refractivity contribution is -0.141. The van der Waals surface area contributed by atoms with E-state index in [4.69, 9.17) is 16.3 Å². The molecule has 182 valence electrons. The molecule has 8 nitrogen and oxygen atoms in total. The summed E-state index contributed by atoms with van der Waals surface area (Å²) in [7, 11) is -2.85. The number of carbonyl (C=O) groups excluding carboxylic acids is 1. The van der Waals surface area contributed by atoms with Gasteiger partial charge in [-0.05, 0) is 54.1 Å². The minimum Gasteiger partial charge on any atom is -0.497 e. The predicted octanol–water partition coefficient (Wildman–Crippen LogP) is 3.79. The van der Waals surface area contributed by atoms with Crippen molar-refractivity contribution in [3.8, 4) is 5.75 Å². The van der Waals surface area contributed by atoms with E-state index in [2.05, 4.69) is 0 Å². The molecule has 0 aliphatic carbocycles. The largest absolute Gasteiger partial charge is 0.497 e. The Morgan fingerprint density at radius 1 is 1.09 bits per heavy atom. The van der Waals surface area contributed by atoms with Crippen LogP contribution in [0.4, 0.5) is 10.1 Å². The fourth-order valence-corrected chi connectivity index (χ4v) is 5.69. The van der Waals surface area contributed by atoms with Crippen LogP contribution < -0.4 is 9.64 Å². The highest BCUT2D eigenvalue weighted by Crippen LogP contribution is 2.33. The number of nitrogens with zero attached hydrogens (tertiary/aromatic N) is 2. The molecule has 3 aromatic carbocycles. The molecule has 3 aromatic rings. The van der Waals surface area contributed by atoms with Crippen molar-refractivity contribution in [1.82, 2.24) is 4.31 Å². The van der Waals surface area contributed by atoms with Gasteiger partial charge in [0.1, 0.15) is 17.6 Å². The third-order valence-electron chi connectivity index (χ3n) is 5.67. The lowest BCUT2D eigenvalue weighted by Gasteiger charge is -2.28. The normalized spacial score (nSPS) is 16.3. The number of ether oxygens (including phenoxy) is 1. The molecule has 4 rings (SSSR count). The van der Waals surface area contributed by atoms with Gasteiger partial charge in [0.2, 0.25) is 10.0 Å². The lowest BCUT2D eigenvalue weighted by atomic mass is 10.1. The summed E-state index contributed by atoms with van der Waals surface area (Å²) in [6, 6.07) is 13.7. The number of anilines is 1. The van der Waals surface area contributed by atoms with E-state index in [1.807, 2.05) is 0 Å². The summed E-state index contributed by atoms with van der Waals surface area (Å²) in [4.78, 5) is 26.8. The number of methoxy groups -OCH3 is 1. The molecule has 1 unspecified atom stereocenters. The number of carbonyl (C=O) groups is 2. The standard InChI is InChI=1S/C24H20ClFN2O6S/c1-34-17-7-9-18(10-8-17)35(32,33)28-13-15-4-2-3-5-21(15)27(14-22(28)24(30)31)23(29)19-11-6-16(26)12-20(19)25/h2-12,22H,13-14H2,1H3,(H,30,31). The highest BCUT2D eigenvalue weighted by Gasteiger charge is 2.42. The van der Waals surface area contributed by atoms with E-state index in [0.717, 1.165) is 21.3 Å². The van der Waals surface area contributed by atoms with Crippen LogP contribution in [0.2, 0.25) is 5.02 Å². The summed E-state index contributed by atoms with van der Waals surface area (Å²) in [6.07, 6.45) is 0. The van der Waals surface area contributed by atoms with E-state index in [9.17, 15) is 27.5 Å². The van der Waals surface area contributed by atoms with E-state index >= 15 is 0 Å². The number of para-hydroxylation sites is 1. The fourth-order valence-electron chi connectivity index (χ4n) is 3.89. The van der Waals surface area contributed by atoms with E-state index < -0.39 is 40.3 Å². The topological polar surface area (TPSA) is 104 Å². The third-order valence-corrected chi connectivity index (χ3v) is 7.85. The van der Waals surface area contributed by atoms with Crippen molar-refractivity contribution in [2.24, 2.45) is 0 Å². The summed E-state index contributed by atoms with van der Waals surface area (Å²) >= 11 is 6.10. The molecule has 0 bridgehead atoms. The van der Waals surface area contributed by atoms with Gasteiger partial charge in [-0.2, -0.15) is 4.31 Å². The van der Waals surface area contributed by atoms with Gasteiger partial charge >= 0.3 is 5.97 Å². The van der Waals surface area contributed by atoms with Crippen LogP contribution in [-0.2, 0) is 21.4 Å². The number of carboxylic acid groups (broad SMARTS) is 1. The van der Waals surface area contributed by atoms with Gasteiger partial charge in [-0.1, -0.05) is 29.8 Å². The van der Waals surface area contributed by atoms with Gasteiger partial charge in [0, 0.05) is 12.2 Å². The Hall–Kier alpha value is -3.47. The van der Waals surface area contributed by atoms with Gasteiger partial charge in [0.25, 0.3) is 5.91 Å². The van der Waals surface area contributed by atoms with Gasteiger partial charge in [-0.3, -0.25) is 9.59 Å². The second-order valence-corrected chi connectivity index (χ2v) is 10.0. The molecule has 0 saturated heterocycles. The molecule has 1 heterocycles. The smallest absolute Gasteiger partial charge is 0.323 e. The summed E-state index contributed by atoms with van der Waals surface area (Å²) in [5.74, 6) is -2.31. The average Bonchev–Trinajstić information content (AvgIpc) is 3.02. The Kier molecular flexibility index (Phi) is 6.79. The molecule has 1 atom stereocenters. The van der Waals surface area contributed by atoms with Crippen LogP contribution in [0.15, 0.2) is 71.6 Å². The van der Waals surface area contributed by atoms with E-state index in [1.54, 1.807) is 24.3 Å². The highest BCUT2D eigenvalue weighted by molar-refractivity contribution is 7.89. The van der Waals surface area contributed by atoms with Crippen LogP contribution in [0.1, 0.15) is 15.9 Å². The van der Waals surface area contributed by atoms with Gasteiger partial charge < -0.3 is 14.7 Å². The number of carboxylic acids is 1. The minimum absolute atomic E-state index is 0.0431. The Morgan fingerprint density at radius 2 is 1.77 bits per heavy atom. The number of hydrogen-bond acceptors (Lipinski definition) is 5. The van der Waals surface area contributed by atoms with Crippen molar-refractivity contribution < 1.29 is 32.2 Å². The number of benzene rings is 3. The number of fused-ring (bicyclic) bond motifs is 1. The molecule has 0 aromatic heterocycles. The SMILES string of the molecule is COc1ccc(S(=O)(=O)N2Cc3ccccc3N(C(=O)c3ccc(F)cc3Cl)CC2C(=O)O)cc1. The number of amides is 1. The summed E-state index contributed by atoms with van der Waals surface area (Å²) in [5, 5.41) is 9.88. The molecule has 0 radical (unpaired) electrons. The van der Waals surface area contributed by atoms with Crippen LogP contribution >= 0.6 is 11.6 Å². The number of halogens is 2. The Bertz CT molecular complexity index is 1400. The van der Waals surface area contributed by atoms with Crippen molar-refractivity contribution >= 4 is 39.2 Å². The Labute approximate surface area is 206 Å². The molecular weight excluding hydrogens is 499 g/mol. The predicted molar refractivity (Wildman–Crippen MR) is 127 cm³/mol. The van der Waals surface area contributed by atoms with Gasteiger partial charge in [0.15, 0.2) is 0 Å². The Morgan fingerprint density at radius 3 is 2.40 bits per heavy atom. The number of aliphatic carboxylic acids is 1. The zero-order chi connectivity index (χ0) is 25.3. The van der Waals surface area contributed by atoms with Crippen molar-refractivity contribution in [3.05, 3.63) is 88.7 Å². The summed E-state index contributed by atoms with van der Waals surface area (Å²) < 4.78 is 46.6. The van der Waals surface area contributed by atoms with E-state index in [-0.39, 0.29) is 22.0 Å². The second kappa shape index (κ2) is 9.65. The molecule has 0 spiro atoms. The van der Waals surface area contributed by atoms with Gasteiger partial charge in [-0.15, -0.1) is 0 Å². The molecule has 0 saturated carbocycles. The van der Waals surface area contributed by atoms with Crippen LogP contribution in [0.25, 0.3) is 0 Å². The van der Waals surface area contributed by atoms with Gasteiger partial charge in [-0.25, -0.2) is 12.8 Å². The van der Waals surface area contributed by atoms with Crippen LogP contribution in [0.3, 0.4) is 0 Å². The zero-order valence-corrected chi connectivity index (χ0v) is 20.0. The maximum Gasteiger partial charge on any atom is 0.323 e. The van der Waals surface area contributed by atoms with Crippen molar-refractivity contribution in [3.63, 3.8) is 0 Å². The zero-order valence-electron chi connectivity index (χ0n) is 18.4. The van der Waals surface area contributed by atoms with E-state index in [1.165, 1.54) is 37.4 Å². The third kappa shape index (κ3) is 4.72. The highest BCUT2D eigenvalue weighted by atomic mass is 35.5. The van der Waals surface area contributed by atoms with Crippen molar-refractivity contribution in [2.45, 2.75) is 17.5 Å². The lowest BCUT2D eigenvalue weighted by Crippen LogP contribution is -2.50. The molecule has 1 aliphatic rings. The quantitative estimate of drug-likeness (QED) is 0.551. The molecular formula is C24H20ClFN2O6S. The van der Waals surface area contributed by atoms with Crippen LogP contribution in [0.5, 0.6) is 5.75 Å². The first kappa shape index (κ1) is 24.6. The van der Waals surface area contributed by atoms with Crippen LogP contribution in [0, 0.1) is 5.82 Å². The fraction of sp³-hybridized carbons (Fsp3) is 0.167. The number of hydrogen-bond donors (Lipinski definition) is 1. The molecule has 1 amide bonds. The monoisotopic (exact) mass is 518 g/mol. The van der Waals surface area contributed by atoms with E-state index in [0.29, 0.717) is 17.0 Å². The van der Waals surface area contributed by atoms with Crippen molar-refractivity contribution in [2.75, 3.05) is 18.6 Å². The van der Waals surface area contributed by atoms with Crippen molar-refractivity contribution in [1.29, 1.82) is 0 Å². The summed E-state index contributed by atoms with van der Waals surface area (Å²) in [6.45, 7) is -0.781. The maximum absolute atomic E-state index is 13.6. The molecule has 0 fully saturated rings. The molecule has 1 N–H and O–H groups in total. The Balaban J connectivity index is 1.82. The first-order valence-electron chi connectivity index (χ1n) is 10.4. The molecule has 1 aliphatic heterocycles. The number of rotatable bonds is 5. The minimum atomic E-state index is -4.29.